The van der Waals surface area contributed by atoms with Crippen LogP contribution in [0.25, 0.3) is 0 Å². The van der Waals surface area contributed by atoms with Crippen molar-refractivity contribution >= 4 is 10.0 Å². The molecule has 1 saturated carbocycles. The van der Waals surface area contributed by atoms with Crippen molar-refractivity contribution in [2.45, 2.75) is 43.5 Å². The molecule has 1 fully saturated rings. The molecule has 15 heavy (non-hydrogen) atoms. The maximum absolute atomic E-state index is 11.9. The Bertz CT molecular complexity index is 288. The van der Waals surface area contributed by atoms with Crippen LogP contribution in [0.5, 0.6) is 0 Å². The smallest absolute Gasteiger partial charge is 0.265 e. The fraction of sp³-hybridized carbons (Fsp3) is 1.00. The van der Waals surface area contributed by atoms with Crippen LogP contribution in [0.15, 0.2) is 0 Å². The third-order valence-electron chi connectivity index (χ3n) is 2.53. The predicted molar refractivity (Wildman–Crippen MR) is 51.2 cm³/mol. The molecule has 0 aromatic carbocycles. The van der Waals surface area contributed by atoms with Crippen LogP contribution in [0.1, 0.15) is 25.7 Å². The molecule has 0 radical (unpaired) electrons. The Morgan fingerprint density at radius 1 is 1.33 bits per heavy atom. The van der Waals surface area contributed by atoms with Gasteiger partial charge in [0.15, 0.2) is 0 Å². The number of alkyl halides is 2. The average Bonchev–Trinajstić information content (AvgIpc) is 2.67. The fourth-order valence-electron chi connectivity index (χ4n) is 1.61. The van der Waals surface area contributed by atoms with E-state index < -0.39 is 34.3 Å². The largest absolute Gasteiger partial charge is 0.386 e. The second kappa shape index (κ2) is 5.18. The molecular formula is C8H15F2NO3S. The molecule has 0 amide bonds. The van der Waals surface area contributed by atoms with E-state index >= 15 is 0 Å². The van der Waals surface area contributed by atoms with Crippen LogP contribution < -0.4 is 4.72 Å². The predicted octanol–water partition coefficient (Wildman–Crippen LogP) is 0.474. The van der Waals surface area contributed by atoms with Crippen molar-refractivity contribution in [1.29, 1.82) is 0 Å². The van der Waals surface area contributed by atoms with Gasteiger partial charge < -0.3 is 5.11 Å². The Morgan fingerprint density at radius 2 is 1.87 bits per heavy atom. The summed E-state index contributed by atoms with van der Waals surface area (Å²) in [5.74, 6) is 0. The van der Waals surface area contributed by atoms with Gasteiger partial charge >= 0.3 is 0 Å². The molecule has 90 valence electrons. The lowest BCUT2D eigenvalue weighted by atomic mass is 10.4. The summed E-state index contributed by atoms with van der Waals surface area (Å²) >= 11 is 0. The summed E-state index contributed by atoms with van der Waals surface area (Å²) in [6.45, 7) is -0.615. The summed E-state index contributed by atoms with van der Waals surface area (Å²) in [6, 6.07) is 0. The Kier molecular flexibility index (Phi) is 4.42. The molecular weight excluding hydrogens is 228 g/mol. The SMILES string of the molecule is O=S(=O)(NCC(O)C(F)F)C1CCCC1. The molecule has 0 heterocycles. The second-order valence-corrected chi connectivity index (χ2v) is 5.75. The van der Waals surface area contributed by atoms with Crippen molar-refractivity contribution in [3.8, 4) is 0 Å². The number of hydrogen-bond donors (Lipinski definition) is 2. The zero-order chi connectivity index (χ0) is 11.5. The molecule has 1 aliphatic rings. The number of aliphatic hydroxyl groups excluding tert-OH is 1. The van der Waals surface area contributed by atoms with E-state index in [1.165, 1.54) is 0 Å². The topological polar surface area (TPSA) is 66.4 Å². The molecule has 1 atom stereocenters. The van der Waals surface area contributed by atoms with Gasteiger partial charge in [-0.3, -0.25) is 0 Å². The highest BCUT2D eigenvalue weighted by Gasteiger charge is 2.29. The highest BCUT2D eigenvalue weighted by atomic mass is 32.2. The molecule has 1 rings (SSSR count). The summed E-state index contributed by atoms with van der Waals surface area (Å²) in [4.78, 5) is 0. The summed E-state index contributed by atoms with van der Waals surface area (Å²) in [5.41, 5.74) is 0. The van der Waals surface area contributed by atoms with Crippen molar-refractivity contribution in [2.75, 3.05) is 6.54 Å². The number of nitrogens with one attached hydrogen (secondary N) is 1. The summed E-state index contributed by atoms with van der Waals surface area (Å²) in [6.07, 6.45) is -2.01. The molecule has 0 aliphatic heterocycles. The van der Waals surface area contributed by atoms with Crippen LogP contribution in [0.4, 0.5) is 8.78 Å². The number of rotatable bonds is 5. The number of aliphatic hydroxyl groups is 1. The first-order valence-electron chi connectivity index (χ1n) is 4.88. The second-order valence-electron chi connectivity index (χ2n) is 3.70. The first kappa shape index (κ1) is 12.8. The van der Waals surface area contributed by atoms with Gasteiger partial charge in [-0.15, -0.1) is 0 Å². The number of hydrogen-bond acceptors (Lipinski definition) is 3. The van der Waals surface area contributed by atoms with Gasteiger partial charge in [0.05, 0.1) is 5.25 Å². The van der Waals surface area contributed by atoms with E-state index in [4.69, 9.17) is 5.11 Å². The molecule has 7 heteroatoms. The van der Waals surface area contributed by atoms with Gasteiger partial charge in [-0.2, -0.15) is 0 Å². The summed E-state index contributed by atoms with van der Waals surface area (Å²) in [5, 5.41) is 8.27. The Labute approximate surface area is 87.7 Å². The number of sulfonamides is 1. The molecule has 0 saturated heterocycles. The monoisotopic (exact) mass is 243 g/mol. The third-order valence-corrected chi connectivity index (χ3v) is 4.44. The molecule has 0 aromatic heterocycles. The van der Waals surface area contributed by atoms with E-state index in [1.807, 2.05) is 4.72 Å². The minimum Gasteiger partial charge on any atom is -0.386 e. The van der Waals surface area contributed by atoms with E-state index in [2.05, 4.69) is 0 Å². The lowest BCUT2D eigenvalue weighted by Gasteiger charge is -2.14. The van der Waals surface area contributed by atoms with E-state index in [1.54, 1.807) is 0 Å². The quantitative estimate of drug-likeness (QED) is 0.738. The van der Waals surface area contributed by atoms with Gasteiger partial charge in [0.1, 0.15) is 6.10 Å². The van der Waals surface area contributed by atoms with Gasteiger partial charge in [0.2, 0.25) is 10.0 Å². The van der Waals surface area contributed by atoms with Crippen LogP contribution in [0.2, 0.25) is 0 Å². The van der Waals surface area contributed by atoms with Crippen LogP contribution in [0.3, 0.4) is 0 Å². The highest BCUT2D eigenvalue weighted by Crippen LogP contribution is 2.23. The average molecular weight is 243 g/mol. The van der Waals surface area contributed by atoms with Gasteiger partial charge in [-0.05, 0) is 12.8 Å². The van der Waals surface area contributed by atoms with E-state index in [-0.39, 0.29) is 0 Å². The molecule has 4 nitrogen and oxygen atoms in total. The minimum atomic E-state index is -3.53. The van der Waals surface area contributed by atoms with Crippen LogP contribution in [0, 0.1) is 0 Å². The Morgan fingerprint density at radius 3 is 2.33 bits per heavy atom. The van der Waals surface area contributed by atoms with E-state index in [0.717, 1.165) is 12.8 Å². The van der Waals surface area contributed by atoms with Gasteiger partial charge in [-0.25, -0.2) is 21.9 Å². The normalized spacial score (nSPS) is 21.1. The van der Waals surface area contributed by atoms with Gasteiger partial charge in [0, 0.05) is 6.54 Å². The maximum Gasteiger partial charge on any atom is 0.265 e. The minimum absolute atomic E-state index is 0.484. The van der Waals surface area contributed by atoms with Crippen molar-refractivity contribution < 1.29 is 22.3 Å². The van der Waals surface area contributed by atoms with Crippen LogP contribution >= 0.6 is 0 Å². The van der Waals surface area contributed by atoms with Crippen molar-refractivity contribution in [1.82, 2.24) is 4.72 Å². The van der Waals surface area contributed by atoms with Crippen molar-refractivity contribution in [3.05, 3.63) is 0 Å². The maximum atomic E-state index is 11.9. The molecule has 0 bridgehead atoms. The van der Waals surface area contributed by atoms with E-state index in [0.29, 0.717) is 12.8 Å². The summed E-state index contributed by atoms with van der Waals surface area (Å²) in [7, 11) is -3.53. The fourth-order valence-corrected chi connectivity index (χ4v) is 3.20. The van der Waals surface area contributed by atoms with Crippen molar-refractivity contribution in [3.63, 3.8) is 0 Å². The van der Waals surface area contributed by atoms with Crippen molar-refractivity contribution in [2.24, 2.45) is 0 Å². The molecule has 0 spiro atoms. The zero-order valence-corrected chi connectivity index (χ0v) is 9.01. The lowest BCUT2D eigenvalue weighted by molar-refractivity contribution is -0.000479. The van der Waals surface area contributed by atoms with Crippen LogP contribution in [-0.2, 0) is 10.0 Å². The molecule has 2 N–H and O–H groups in total. The Balaban J connectivity index is 2.42. The number of halogens is 2. The molecule has 0 aromatic rings. The van der Waals surface area contributed by atoms with Gasteiger partial charge in [-0.1, -0.05) is 12.8 Å². The van der Waals surface area contributed by atoms with E-state index in [9.17, 15) is 17.2 Å². The van der Waals surface area contributed by atoms with Gasteiger partial charge in [0.25, 0.3) is 6.43 Å². The highest BCUT2D eigenvalue weighted by molar-refractivity contribution is 7.90. The molecule has 1 aliphatic carbocycles. The first-order valence-corrected chi connectivity index (χ1v) is 6.43. The standard InChI is InChI=1S/C8H15F2NO3S/c9-8(10)7(12)5-11-15(13,14)6-3-1-2-4-6/h6-8,11-12H,1-5H2. The first-order chi connectivity index (χ1) is 6.93. The zero-order valence-electron chi connectivity index (χ0n) is 8.20. The Hall–Kier alpha value is -0.270. The lowest BCUT2D eigenvalue weighted by Crippen LogP contribution is -2.39. The summed E-state index contributed by atoms with van der Waals surface area (Å²) < 4.78 is 48.8. The molecule has 1 unspecified atom stereocenters. The van der Waals surface area contributed by atoms with Crippen LogP contribution in [-0.4, -0.2) is 37.8 Å². The third kappa shape index (κ3) is 3.66.